The number of nitriles is 1. The summed E-state index contributed by atoms with van der Waals surface area (Å²) in [5.74, 6) is -0.236. The maximum atomic E-state index is 11.6. The van der Waals surface area contributed by atoms with Gasteiger partial charge in [-0.1, -0.05) is 0 Å². The summed E-state index contributed by atoms with van der Waals surface area (Å²) in [6, 6.07) is 2.04. The molecule has 1 aromatic rings. The van der Waals surface area contributed by atoms with Crippen LogP contribution in [0, 0.1) is 24.2 Å². The van der Waals surface area contributed by atoms with Crippen LogP contribution in [0.2, 0.25) is 0 Å². The van der Waals surface area contributed by atoms with Crippen LogP contribution in [0.15, 0.2) is 15.8 Å². The lowest BCUT2D eigenvalue weighted by molar-refractivity contribution is 0.259. The summed E-state index contributed by atoms with van der Waals surface area (Å²) in [5.41, 5.74) is -1.66. The van der Waals surface area contributed by atoms with Crippen molar-refractivity contribution in [1.82, 2.24) is 9.55 Å². The lowest BCUT2D eigenvalue weighted by Gasteiger charge is -2.11. The van der Waals surface area contributed by atoms with Crippen molar-refractivity contribution in [2.75, 3.05) is 6.61 Å². The number of aryl methyl sites for hydroxylation is 1. The molecule has 1 aliphatic carbocycles. The third-order valence-corrected chi connectivity index (χ3v) is 3.04. The van der Waals surface area contributed by atoms with Crippen LogP contribution in [0.25, 0.3) is 0 Å². The molecule has 2 N–H and O–H groups in total. The molecule has 2 atom stereocenters. The molecule has 84 valence electrons. The molecule has 0 radical (unpaired) electrons. The molecule has 0 aliphatic heterocycles. The summed E-state index contributed by atoms with van der Waals surface area (Å²) in [5, 5.41) is 18.1. The number of rotatable bonds is 2. The molecule has 0 aromatic carbocycles. The molecule has 0 bridgehead atoms. The van der Waals surface area contributed by atoms with Crippen molar-refractivity contribution >= 4 is 0 Å². The minimum atomic E-state index is -0.985. The molecule has 0 spiro atoms. The zero-order valence-corrected chi connectivity index (χ0v) is 8.73. The van der Waals surface area contributed by atoms with Crippen LogP contribution in [0.4, 0.5) is 0 Å². The van der Waals surface area contributed by atoms with Gasteiger partial charge in [0.2, 0.25) is 0 Å². The molecule has 2 rings (SSSR count). The van der Waals surface area contributed by atoms with Crippen LogP contribution in [0.1, 0.15) is 12.0 Å². The molecule has 0 amide bonds. The van der Waals surface area contributed by atoms with E-state index in [2.05, 4.69) is 4.98 Å². The Kier molecular flexibility index (Phi) is 2.21. The van der Waals surface area contributed by atoms with Crippen molar-refractivity contribution in [3.8, 4) is 6.07 Å². The van der Waals surface area contributed by atoms with Gasteiger partial charge in [0.1, 0.15) is 5.54 Å². The molecular formula is C10H11N3O3. The fraction of sp³-hybridized carbons (Fsp3) is 0.500. The Balaban J connectivity index is 2.59. The number of aliphatic hydroxyl groups is 1. The third-order valence-electron chi connectivity index (χ3n) is 3.04. The lowest BCUT2D eigenvalue weighted by Crippen LogP contribution is -2.37. The highest BCUT2D eigenvalue weighted by Crippen LogP contribution is 2.48. The van der Waals surface area contributed by atoms with Crippen molar-refractivity contribution in [3.05, 3.63) is 32.6 Å². The van der Waals surface area contributed by atoms with Gasteiger partial charge < -0.3 is 5.11 Å². The van der Waals surface area contributed by atoms with E-state index in [1.54, 1.807) is 6.92 Å². The first-order valence-corrected chi connectivity index (χ1v) is 4.90. The summed E-state index contributed by atoms with van der Waals surface area (Å²) >= 11 is 0. The molecule has 1 aliphatic rings. The van der Waals surface area contributed by atoms with Gasteiger partial charge in [0, 0.05) is 24.3 Å². The normalized spacial score (nSPS) is 27.4. The van der Waals surface area contributed by atoms with Crippen LogP contribution >= 0.6 is 0 Å². The summed E-state index contributed by atoms with van der Waals surface area (Å²) in [7, 11) is 0. The number of aromatic amines is 1. The van der Waals surface area contributed by atoms with Gasteiger partial charge in [0.25, 0.3) is 5.56 Å². The molecule has 1 heterocycles. The van der Waals surface area contributed by atoms with E-state index in [1.165, 1.54) is 10.8 Å². The molecule has 0 unspecified atom stereocenters. The number of nitrogens with one attached hydrogen (secondary N) is 1. The Labute approximate surface area is 90.8 Å². The first-order chi connectivity index (χ1) is 7.55. The van der Waals surface area contributed by atoms with Gasteiger partial charge in [0.15, 0.2) is 0 Å². The van der Waals surface area contributed by atoms with Crippen molar-refractivity contribution < 1.29 is 5.11 Å². The van der Waals surface area contributed by atoms with E-state index in [9.17, 15) is 9.59 Å². The summed E-state index contributed by atoms with van der Waals surface area (Å²) in [4.78, 5) is 24.9. The fourth-order valence-electron chi connectivity index (χ4n) is 1.88. The molecular weight excluding hydrogens is 210 g/mol. The van der Waals surface area contributed by atoms with Crippen LogP contribution in [0.5, 0.6) is 0 Å². The first-order valence-electron chi connectivity index (χ1n) is 4.90. The fourth-order valence-corrected chi connectivity index (χ4v) is 1.88. The first kappa shape index (κ1) is 10.6. The van der Waals surface area contributed by atoms with Gasteiger partial charge in [-0.25, -0.2) is 4.79 Å². The Morgan fingerprint density at radius 2 is 2.44 bits per heavy atom. The monoisotopic (exact) mass is 221 g/mol. The number of aliphatic hydroxyl groups excluding tert-OH is 1. The second-order valence-corrected chi connectivity index (χ2v) is 4.06. The zero-order chi connectivity index (χ0) is 11.9. The predicted molar refractivity (Wildman–Crippen MR) is 54.8 cm³/mol. The van der Waals surface area contributed by atoms with E-state index < -0.39 is 16.8 Å². The second-order valence-electron chi connectivity index (χ2n) is 4.06. The molecule has 6 nitrogen and oxygen atoms in total. The van der Waals surface area contributed by atoms with Gasteiger partial charge in [0.05, 0.1) is 6.07 Å². The Morgan fingerprint density at radius 3 is 2.94 bits per heavy atom. The molecule has 1 fully saturated rings. The summed E-state index contributed by atoms with van der Waals surface area (Å²) < 4.78 is 1.21. The highest BCUT2D eigenvalue weighted by atomic mass is 16.3. The predicted octanol–water partition coefficient (Wildman–Crippen LogP) is -0.924. The summed E-state index contributed by atoms with van der Waals surface area (Å²) in [6.45, 7) is 1.42. The largest absolute Gasteiger partial charge is 0.396 e. The number of aromatic nitrogens is 2. The maximum absolute atomic E-state index is 11.6. The summed E-state index contributed by atoms with van der Waals surface area (Å²) in [6.07, 6.45) is 1.81. The SMILES string of the molecule is Cc1cn([C@@]2(C#N)C[C@H]2CO)c(=O)[nH]c1=O. The van der Waals surface area contributed by atoms with Crippen molar-refractivity contribution in [2.24, 2.45) is 5.92 Å². The zero-order valence-electron chi connectivity index (χ0n) is 8.73. The maximum Gasteiger partial charge on any atom is 0.329 e. The van der Waals surface area contributed by atoms with Gasteiger partial charge in [-0.15, -0.1) is 0 Å². The number of hydrogen-bond donors (Lipinski definition) is 2. The number of hydrogen-bond acceptors (Lipinski definition) is 4. The molecule has 6 heteroatoms. The third kappa shape index (κ3) is 1.29. The standard InChI is InChI=1S/C10H11N3O3/c1-6-3-13(9(16)12-8(6)15)10(5-11)2-7(10)4-14/h3,7,14H,2,4H2,1H3,(H,12,15,16)/t7-,10+/m0/s1. The highest BCUT2D eigenvalue weighted by Gasteiger charge is 2.57. The lowest BCUT2D eigenvalue weighted by atomic mass is 10.2. The van der Waals surface area contributed by atoms with Crippen LogP contribution < -0.4 is 11.2 Å². The van der Waals surface area contributed by atoms with E-state index in [1.807, 2.05) is 6.07 Å². The number of H-pyrrole nitrogens is 1. The second kappa shape index (κ2) is 3.32. The minimum absolute atomic E-state index is 0.141. The Morgan fingerprint density at radius 1 is 1.75 bits per heavy atom. The Bertz CT molecular complexity index is 580. The van der Waals surface area contributed by atoms with Crippen LogP contribution in [-0.4, -0.2) is 21.3 Å². The molecule has 1 aromatic heterocycles. The average molecular weight is 221 g/mol. The van der Waals surface area contributed by atoms with Crippen molar-refractivity contribution in [1.29, 1.82) is 5.26 Å². The van der Waals surface area contributed by atoms with E-state index in [0.29, 0.717) is 12.0 Å². The molecule has 16 heavy (non-hydrogen) atoms. The highest BCUT2D eigenvalue weighted by molar-refractivity contribution is 5.23. The van der Waals surface area contributed by atoms with Crippen LogP contribution in [0.3, 0.4) is 0 Å². The topological polar surface area (TPSA) is 98.9 Å². The quantitative estimate of drug-likeness (QED) is 0.674. The van der Waals surface area contributed by atoms with E-state index in [-0.39, 0.29) is 12.5 Å². The minimum Gasteiger partial charge on any atom is -0.396 e. The van der Waals surface area contributed by atoms with Gasteiger partial charge in [-0.3, -0.25) is 14.3 Å². The Hall–Kier alpha value is -1.87. The van der Waals surface area contributed by atoms with Crippen molar-refractivity contribution in [3.63, 3.8) is 0 Å². The molecule has 1 saturated carbocycles. The van der Waals surface area contributed by atoms with Gasteiger partial charge >= 0.3 is 5.69 Å². The van der Waals surface area contributed by atoms with Gasteiger partial charge in [-0.05, 0) is 13.3 Å². The average Bonchev–Trinajstić information content (AvgIpc) is 2.98. The van der Waals surface area contributed by atoms with Gasteiger partial charge in [-0.2, -0.15) is 5.26 Å². The van der Waals surface area contributed by atoms with E-state index in [0.717, 1.165) is 0 Å². The number of nitrogens with zero attached hydrogens (tertiary/aromatic N) is 2. The molecule has 0 saturated heterocycles. The van der Waals surface area contributed by atoms with Crippen molar-refractivity contribution in [2.45, 2.75) is 18.9 Å². The van der Waals surface area contributed by atoms with Crippen LogP contribution in [-0.2, 0) is 5.54 Å². The smallest absolute Gasteiger partial charge is 0.329 e. The van der Waals surface area contributed by atoms with E-state index >= 15 is 0 Å². The van der Waals surface area contributed by atoms with E-state index in [4.69, 9.17) is 10.4 Å².